The number of aromatic nitrogens is 1. The van der Waals surface area contributed by atoms with E-state index in [-0.39, 0.29) is 11.3 Å². The summed E-state index contributed by atoms with van der Waals surface area (Å²) >= 11 is 6.08. The summed E-state index contributed by atoms with van der Waals surface area (Å²) < 4.78 is 0. The number of pyridine rings is 1. The number of aryl methyl sites for hydroxylation is 2. The van der Waals surface area contributed by atoms with Crippen molar-refractivity contribution in [2.75, 3.05) is 5.32 Å². The minimum atomic E-state index is -0.585. The van der Waals surface area contributed by atoms with Crippen molar-refractivity contribution in [3.8, 4) is 0 Å². The second kappa shape index (κ2) is 6.01. The third-order valence-corrected chi connectivity index (χ3v) is 4.18. The first-order chi connectivity index (χ1) is 11.0. The molecule has 2 N–H and O–H groups in total. The Kier molecular flexibility index (Phi) is 4.05. The fraction of sp³-hybridized carbons (Fsp3) is 0.235. The first-order valence-electron chi connectivity index (χ1n) is 7.32. The number of hydrogen-bond donors (Lipinski definition) is 2. The zero-order valence-corrected chi connectivity index (χ0v) is 13.3. The van der Waals surface area contributed by atoms with Gasteiger partial charge < -0.3 is 10.3 Å². The number of benzene rings is 1. The first-order valence-corrected chi connectivity index (χ1v) is 7.70. The number of H-pyrrole nitrogens is 1. The van der Waals surface area contributed by atoms with Gasteiger partial charge in [0.15, 0.2) is 5.78 Å². The number of amides is 1. The molecule has 23 heavy (non-hydrogen) atoms. The number of nitrogens with one attached hydrogen (secondary N) is 2. The molecule has 0 atom stereocenters. The van der Waals surface area contributed by atoms with Crippen molar-refractivity contribution in [1.82, 2.24) is 4.98 Å². The van der Waals surface area contributed by atoms with Crippen molar-refractivity contribution < 1.29 is 9.59 Å². The maximum absolute atomic E-state index is 12.4. The van der Waals surface area contributed by atoms with Crippen LogP contribution in [0, 0.1) is 6.92 Å². The van der Waals surface area contributed by atoms with Crippen LogP contribution >= 0.6 is 11.6 Å². The third-order valence-electron chi connectivity index (χ3n) is 3.87. The fourth-order valence-corrected chi connectivity index (χ4v) is 2.94. The molecule has 0 saturated carbocycles. The summed E-state index contributed by atoms with van der Waals surface area (Å²) in [5.74, 6) is -0.636. The van der Waals surface area contributed by atoms with E-state index >= 15 is 0 Å². The minimum Gasteiger partial charge on any atom is -0.325 e. The average Bonchev–Trinajstić information content (AvgIpc) is 2.49. The molecule has 0 bridgehead atoms. The lowest BCUT2D eigenvalue weighted by Gasteiger charge is -2.15. The summed E-state index contributed by atoms with van der Waals surface area (Å²) in [7, 11) is 0. The van der Waals surface area contributed by atoms with Crippen LogP contribution in [0.5, 0.6) is 0 Å². The Labute approximate surface area is 137 Å². The molecular formula is C17H15ClN2O3. The van der Waals surface area contributed by atoms with Crippen molar-refractivity contribution >= 4 is 29.0 Å². The van der Waals surface area contributed by atoms with Gasteiger partial charge in [-0.25, -0.2) is 0 Å². The van der Waals surface area contributed by atoms with Crippen LogP contribution in [0.2, 0.25) is 5.02 Å². The second-order valence-corrected chi connectivity index (χ2v) is 6.03. The van der Waals surface area contributed by atoms with Crippen molar-refractivity contribution in [2.45, 2.75) is 26.2 Å². The second-order valence-electron chi connectivity index (χ2n) is 5.62. The Bertz CT molecular complexity index is 871. The van der Waals surface area contributed by atoms with Gasteiger partial charge in [0, 0.05) is 17.7 Å². The van der Waals surface area contributed by atoms with E-state index < -0.39 is 11.5 Å². The Morgan fingerprint density at radius 1 is 1.22 bits per heavy atom. The molecule has 1 heterocycles. The summed E-state index contributed by atoms with van der Waals surface area (Å²) in [4.78, 5) is 39.1. The van der Waals surface area contributed by atoms with E-state index in [9.17, 15) is 14.4 Å². The molecule has 5 nitrogen and oxygen atoms in total. The molecule has 6 heteroatoms. The fourth-order valence-electron chi connectivity index (χ4n) is 2.65. The molecule has 1 aromatic heterocycles. The highest BCUT2D eigenvalue weighted by Gasteiger charge is 2.22. The number of hydrogen-bond acceptors (Lipinski definition) is 3. The van der Waals surface area contributed by atoms with Crippen molar-refractivity contribution in [2.24, 2.45) is 0 Å². The molecule has 1 aliphatic carbocycles. The van der Waals surface area contributed by atoms with Gasteiger partial charge in [0.25, 0.3) is 11.5 Å². The van der Waals surface area contributed by atoms with Crippen molar-refractivity contribution in [3.63, 3.8) is 0 Å². The highest BCUT2D eigenvalue weighted by Crippen LogP contribution is 2.24. The van der Waals surface area contributed by atoms with Gasteiger partial charge in [0.05, 0.1) is 10.7 Å². The monoisotopic (exact) mass is 330 g/mol. The lowest BCUT2D eigenvalue weighted by atomic mass is 9.93. The van der Waals surface area contributed by atoms with Crippen LogP contribution in [0.25, 0.3) is 0 Å². The van der Waals surface area contributed by atoms with E-state index in [1.54, 1.807) is 12.1 Å². The summed E-state index contributed by atoms with van der Waals surface area (Å²) in [5.41, 5.74) is 1.83. The van der Waals surface area contributed by atoms with E-state index in [2.05, 4.69) is 10.3 Å². The number of carbonyl (C=O) groups excluding carboxylic acids is 2. The largest absolute Gasteiger partial charge is 0.325 e. The zero-order valence-electron chi connectivity index (χ0n) is 12.5. The first kappa shape index (κ1) is 15.5. The van der Waals surface area contributed by atoms with Gasteiger partial charge in [-0.1, -0.05) is 17.7 Å². The summed E-state index contributed by atoms with van der Waals surface area (Å²) in [6.07, 6.45) is 1.79. The van der Waals surface area contributed by atoms with Gasteiger partial charge in [-0.3, -0.25) is 14.4 Å². The van der Waals surface area contributed by atoms with E-state index in [1.165, 1.54) is 6.07 Å². The van der Waals surface area contributed by atoms with Gasteiger partial charge in [0.1, 0.15) is 5.56 Å². The maximum Gasteiger partial charge on any atom is 0.261 e. The Morgan fingerprint density at radius 2 is 2.00 bits per heavy atom. The van der Waals surface area contributed by atoms with Crippen molar-refractivity contribution in [3.05, 3.63) is 62.0 Å². The van der Waals surface area contributed by atoms with Gasteiger partial charge in [-0.05, 0) is 43.5 Å². The Balaban J connectivity index is 1.95. The predicted molar refractivity (Wildman–Crippen MR) is 88.5 cm³/mol. The molecule has 3 rings (SSSR count). The minimum absolute atomic E-state index is 0.0510. The summed E-state index contributed by atoms with van der Waals surface area (Å²) in [5, 5.41) is 3.01. The van der Waals surface area contributed by atoms with E-state index in [0.717, 1.165) is 5.56 Å². The van der Waals surface area contributed by atoms with Gasteiger partial charge in [-0.15, -0.1) is 0 Å². The molecular weight excluding hydrogens is 316 g/mol. The number of halogens is 1. The molecule has 1 amide bonds. The quantitative estimate of drug-likeness (QED) is 0.888. The van der Waals surface area contributed by atoms with Gasteiger partial charge >= 0.3 is 0 Å². The number of carbonyl (C=O) groups is 2. The Morgan fingerprint density at radius 3 is 2.74 bits per heavy atom. The Hall–Kier alpha value is -2.40. The molecule has 0 unspecified atom stereocenters. The SMILES string of the molecule is Cc1ccc(NC(=O)c2cc3c([nH]c2=O)CCCC3=O)c(Cl)c1. The lowest BCUT2D eigenvalue weighted by molar-refractivity contribution is 0.0971. The number of aromatic amines is 1. The number of anilines is 1. The molecule has 1 aromatic carbocycles. The van der Waals surface area contributed by atoms with Gasteiger partial charge in [0.2, 0.25) is 0 Å². The van der Waals surface area contributed by atoms with Crippen LogP contribution in [-0.4, -0.2) is 16.7 Å². The number of ketones is 1. The molecule has 0 radical (unpaired) electrons. The highest BCUT2D eigenvalue weighted by molar-refractivity contribution is 6.34. The summed E-state index contributed by atoms with van der Waals surface area (Å²) in [6, 6.07) is 6.58. The third kappa shape index (κ3) is 3.05. The lowest BCUT2D eigenvalue weighted by Crippen LogP contribution is -2.27. The molecule has 0 aliphatic heterocycles. The van der Waals surface area contributed by atoms with E-state index in [0.29, 0.717) is 41.2 Å². The molecule has 1 aliphatic rings. The van der Waals surface area contributed by atoms with Crippen LogP contribution in [0.15, 0.2) is 29.1 Å². The molecule has 0 spiro atoms. The average molecular weight is 331 g/mol. The van der Waals surface area contributed by atoms with E-state index in [4.69, 9.17) is 11.6 Å². The smallest absolute Gasteiger partial charge is 0.261 e. The molecule has 0 saturated heterocycles. The van der Waals surface area contributed by atoms with E-state index in [1.807, 2.05) is 13.0 Å². The van der Waals surface area contributed by atoms with Crippen molar-refractivity contribution in [1.29, 1.82) is 0 Å². The number of Topliss-reactive ketones (excluding diaryl/α,β-unsaturated/α-hetero) is 1. The number of rotatable bonds is 2. The topological polar surface area (TPSA) is 79.0 Å². The van der Waals surface area contributed by atoms with Crippen LogP contribution in [-0.2, 0) is 6.42 Å². The summed E-state index contributed by atoms with van der Waals surface area (Å²) in [6.45, 7) is 1.89. The van der Waals surface area contributed by atoms with Crippen LogP contribution < -0.4 is 10.9 Å². The molecule has 2 aromatic rings. The van der Waals surface area contributed by atoms with Crippen LogP contribution in [0.3, 0.4) is 0 Å². The zero-order chi connectivity index (χ0) is 16.6. The van der Waals surface area contributed by atoms with Crippen LogP contribution in [0.1, 0.15) is 44.8 Å². The standard InChI is InChI=1S/C17H15ClN2O3/c1-9-5-6-14(12(18)7-9)20-17(23)11-8-10-13(19-16(11)22)3-2-4-15(10)21/h5-8H,2-4H2,1H3,(H,19,22)(H,20,23). The molecule has 118 valence electrons. The maximum atomic E-state index is 12.4. The van der Waals surface area contributed by atoms with Crippen LogP contribution in [0.4, 0.5) is 5.69 Å². The highest BCUT2D eigenvalue weighted by atomic mass is 35.5. The van der Waals surface area contributed by atoms with Gasteiger partial charge in [-0.2, -0.15) is 0 Å². The predicted octanol–water partition coefficient (Wildman–Crippen LogP) is 3.11. The normalized spacial score (nSPS) is 13.6. The number of fused-ring (bicyclic) bond motifs is 1. The molecule has 0 fully saturated rings.